The van der Waals surface area contributed by atoms with Crippen molar-refractivity contribution < 1.29 is 9.53 Å². The molecule has 0 unspecified atom stereocenters. The fraction of sp³-hybridized carbons (Fsp3) is 0.364. The van der Waals surface area contributed by atoms with E-state index in [4.69, 9.17) is 11.2 Å². The Morgan fingerprint density at radius 1 is 1.71 bits per heavy atom. The molecule has 1 aromatic rings. The summed E-state index contributed by atoms with van der Waals surface area (Å²) in [7, 11) is 0. The number of nitrogens with zero attached hydrogens (tertiary/aromatic N) is 1. The number of carbonyl (C=O) groups is 1. The van der Waals surface area contributed by atoms with Crippen molar-refractivity contribution >= 4 is 11.9 Å². The van der Waals surface area contributed by atoms with Crippen LogP contribution >= 0.6 is 0 Å². The van der Waals surface area contributed by atoms with E-state index in [2.05, 4.69) is 21.2 Å². The molecule has 17 heavy (non-hydrogen) atoms. The zero-order valence-electron chi connectivity index (χ0n) is 9.03. The highest BCUT2D eigenvalue weighted by Crippen LogP contribution is 2.28. The van der Waals surface area contributed by atoms with Crippen LogP contribution in [0.2, 0.25) is 0 Å². The molecule has 0 aliphatic heterocycles. The third kappa shape index (κ3) is 3.08. The van der Waals surface area contributed by atoms with Crippen LogP contribution in [-0.4, -0.2) is 22.7 Å². The van der Waals surface area contributed by atoms with Crippen molar-refractivity contribution in [2.45, 2.75) is 12.8 Å². The van der Waals surface area contributed by atoms with Gasteiger partial charge in [-0.05, 0) is 18.8 Å². The molecule has 0 radical (unpaired) electrons. The molecule has 0 aromatic carbocycles. The zero-order chi connectivity index (χ0) is 12.3. The third-order valence-electron chi connectivity index (χ3n) is 2.34. The fourth-order valence-corrected chi connectivity index (χ4v) is 1.22. The van der Waals surface area contributed by atoms with Crippen molar-refractivity contribution in [3.63, 3.8) is 0 Å². The normalized spacial score (nSPS) is 13.8. The predicted octanol–water partition coefficient (Wildman–Crippen LogP) is 0.710. The van der Waals surface area contributed by atoms with E-state index in [0.29, 0.717) is 18.1 Å². The number of terminal acetylenes is 1. The molecule has 0 spiro atoms. The van der Waals surface area contributed by atoms with Gasteiger partial charge in [0, 0.05) is 0 Å². The Bertz CT molecular complexity index is 525. The third-order valence-corrected chi connectivity index (χ3v) is 2.34. The maximum atomic E-state index is 11.4. The molecule has 88 valence electrons. The second-order valence-electron chi connectivity index (χ2n) is 3.79. The van der Waals surface area contributed by atoms with Gasteiger partial charge in [0.2, 0.25) is 0 Å². The van der Waals surface area contributed by atoms with Gasteiger partial charge in [-0.15, -0.1) is 6.42 Å². The smallest absolute Gasteiger partial charge is 0.412 e. The number of amides is 1. The van der Waals surface area contributed by atoms with Crippen molar-refractivity contribution in [2.24, 2.45) is 5.92 Å². The number of carbonyl (C=O) groups excluding carboxylic acids is 1. The fourth-order valence-electron chi connectivity index (χ4n) is 1.22. The molecule has 6 heteroatoms. The first kappa shape index (κ1) is 11.2. The van der Waals surface area contributed by atoms with Crippen LogP contribution in [0.5, 0.6) is 0 Å². The summed E-state index contributed by atoms with van der Waals surface area (Å²) in [6.45, 7) is 0.395. The number of H-pyrrole nitrogens is 1. The van der Waals surface area contributed by atoms with Crippen LogP contribution in [0.1, 0.15) is 18.4 Å². The van der Waals surface area contributed by atoms with Gasteiger partial charge in [-0.2, -0.15) is 0 Å². The average molecular weight is 233 g/mol. The standard InChI is InChI=1S/C11H11N3O3/c1-2-8-5-12-10(15)13-9(8)14-11(16)17-6-7-3-4-7/h1,5,7H,3-4,6H2,(H2,12,13,14,15,16). The summed E-state index contributed by atoms with van der Waals surface area (Å²) in [5.41, 5.74) is -0.283. The Morgan fingerprint density at radius 3 is 3.12 bits per heavy atom. The van der Waals surface area contributed by atoms with Gasteiger partial charge in [0.05, 0.1) is 18.4 Å². The van der Waals surface area contributed by atoms with E-state index in [1.807, 2.05) is 0 Å². The molecule has 6 nitrogen and oxygen atoms in total. The first-order valence-electron chi connectivity index (χ1n) is 5.18. The molecule has 1 fully saturated rings. The average Bonchev–Trinajstić information content (AvgIpc) is 3.10. The molecule has 1 heterocycles. The van der Waals surface area contributed by atoms with Crippen LogP contribution in [0.25, 0.3) is 0 Å². The summed E-state index contributed by atoms with van der Waals surface area (Å²) in [5.74, 6) is 2.91. The lowest BCUT2D eigenvalue weighted by molar-refractivity contribution is 0.156. The molecule has 0 atom stereocenters. The number of hydrogen-bond acceptors (Lipinski definition) is 4. The SMILES string of the molecule is C#Cc1cnc(=O)[nH]c1NC(=O)OCC1CC1. The monoisotopic (exact) mass is 233 g/mol. The molecule has 2 N–H and O–H groups in total. The Hall–Kier alpha value is -2.29. The number of anilines is 1. The maximum absolute atomic E-state index is 11.4. The van der Waals surface area contributed by atoms with Crippen LogP contribution in [0.4, 0.5) is 10.6 Å². The molecule has 1 aliphatic carbocycles. The number of aromatic nitrogens is 2. The lowest BCUT2D eigenvalue weighted by Gasteiger charge is -2.07. The van der Waals surface area contributed by atoms with Gasteiger partial charge in [0.1, 0.15) is 5.82 Å². The molecule has 0 saturated heterocycles. The molecular formula is C11H11N3O3. The first-order chi connectivity index (χ1) is 8.19. The highest BCUT2D eigenvalue weighted by molar-refractivity contribution is 5.84. The lowest BCUT2D eigenvalue weighted by Crippen LogP contribution is -2.20. The molecule has 1 aliphatic rings. The minimum absolute atomic E-state index is 0.133. The summed E-state index contributed by atoms with van der Waals surface area (Å²) < 4.78 is 4.95. The molecule has 1 aromatic heterocycles. The van der Waals surface area contributed by atoms with Gasteiger partial charge >= 0.3 is 11.8 Å². The number of aromatic amines is 1. The van der Waals surface area contributed by atoms with E-state index >= 15 is 0 Å². The zero-order valence-corrected chi connectivity index (χ0v) is 9.03. The van der Waals surface area contributed by atoms with Crippen molar-refractivity contribution in [1.82, 2.24) is 9.97 Å². The predicted molar refractivity (Wildman–Crippen MR) is 60.5 cm³/mol. The quantitative estimate of drug-likeness (QED) is 0.753. The number of ether oxygens (including phenoxy) is 1. The van der Waals surface area contributed by atoms with Crippen LogP contribution in [0.3, 0.4) is 0 Å². The number of rotatable bonds is 3. The van der Waals surface area contributed by atoms with Gasteiger partial charge in [-0.25, -0.2) is 14.6 Å². The number of nitrogens with one attached hydrogen (secondary N) is 2. The van der Waals surface area contributed by atoms with E-state index in [0.717, 1.165) is 12.8 Å². The van der Waals surface area contributed by atoms with Gasteiger partial charge in [0.25, 0.3) is 0 Å². The number of hydrogen-bond donors (Lipinski definition) is 2. The van der Waals surface area contributed by atoms with Gasteiger partial charge < -0.3 is 4.74 Å². The minimum Gasteiger partial charge on any atom is -0.449 e. The van der Waals surface area contributed by atoms with Crippen LogP contribution in [-0.2, 0) is 4.74 Å². The largest absolute Gasteiger partial charge is 0.449 e. The van der Waals surface area contributed by atoms with Crippen LogP contribution in [0, 0.1) is 18.3 Å². The van der Waals surface area contributed by atoms with Gasteiger partial charge in [-0.1, -0.05) is 5.92 Å². The van der Waals surface area contributed by atoms with E-state index in [-0.39, 0.29) is 5.82 Å². The van der Waals surface area contributed by atoms with E-state index in [9.17, 15) is 9.59 Å². The Labute approximate surface area is 97.4 Å². The van der Waals surface area contributed by atoms with Crippen molar-refractivity contribution in [3.05, 3.63) is 22.2 Å². The summed E-state index contributed by atoms with van der Waals surface area (Å²) in [6, 6.07) is 0. The summed E-state index contributed by atoms with van der Waals surface area (Å²) in [4.78, 5) is 28.2. The molecule has 1 saturated carbocycles. The lowest BCUT2D eigenvalue weighted by atomic mass is 10.3. The highest BCUT2D eigenvalue weighted by atomic mass is 16.5. The van der Waals surface area contributed by atoms with Crippen molar-refractivity contribution in [1.29, 1.82) is 0 Å². The Kier molecular flexibility index (Phi) is 3.10. The summed E-state index contributed by atoms with van der Waals surface area (Å²) >= 11 is 0. The Morgan fingerprint density at radius 2 is 2.47 bits per heavy atom. The Balaban J connectivity index is 2.01. The first-order valence-corrected chi connectivity index (χ1v) is 5.18. The summed E-state index contributed by atoms with van der Waals surface area (Å²) in [6.07, 6.45) is 7.98. The molecular weight excluding hydrogens is 222 g/mol. The van der Waals surface area contributed by atoms with E-state index in [1.165, 1.54) is 6.20 Å². The molecule has 1 amide bonds. The van der Waals surface area contributed by atoms with E-state index in [1.54, 1.807) is 0 Å². The summed E-state index contributed by atoms with van der Waals surface area (Å²) in [5, 5.41) is 2.39. The van der Waals surface area contributed by atoms with Crippen LogP contribution in [0.15, 0.2) is 11.0 Å². The van der Waals surface area contributed by atoms with Gasteiger partial charge in [-0.3, -0.25) is 10.3 Å². The van der Waals surface area contributed by atoms with Crippen molar-refractivity contribution in [3.8, 4) is 12.3 Å². The van der Waals surface area contributed by atoms with Gasteiger partial charge in [0.15, 0.2) is 0 Å². The topological polar surface area (TPSA) is 84.1 Å². The molecule has 0 bridgehead atoms. The second-order valence-corrected chi connectivity index (χ2v) is 3.79. The highest BCUT2D eigenvalue weighted by Gasteiger charge is 2.23. The molecule has 2 rings (SSSR count). The van der Waals surface area contributed by atoms with E-state index < -0.39 is 11.8 Å². The maximum Gasteiger partial charge on any atom is 0.412 e. The van der Waals surface area contributed by atoms with Crippen LogP contribution < -0.4 is 11.0 Å². The second kappa shape index (κ2) is 4.70. The minimum atomic E-state index is -0.629. The van der Waals surface area contributed by atoms with Crippen molar-refractivity contribution in [2.75, 3.05) is 11.9 Å².